The van der Waals surface area contributed by atoms with Crippen LogP contribution in [0.25, 0.3) is 0 Å². The molecular formula is C17H30IN5O. The summed E-state index contributed by atoms with van der Waals surface area (Å²) in [6.45, 7) is 9.06. The zero-order valence-electron chi connectivity index (χ0n) is 14.9. The summed E-state index contributed by atoms with van der Waals surface area (Å²) in [5, 5.41) is 6.79. The average Bonchev–Trinajstić information content (AvgIpc) is 3.05. The van der Waals surface area contributed by atoms with E-state index in [1.807, 2.05) is 12.1 Å². The molecule has 24 heavy (non-hydrogen) atoms. The van der Waals surface area contributed by atoms with Crippen molar-refractivity contribution in [3.05, 3.63) is 23.9 Å². The lowest BCUT2D eigenvalue weighted by Gasteiger charge is -2.24. The van der Waals surface area contributed by atoms with Crippen molar-refractivity contribution in [1.82, 2.24) is 20.5 Å². The lowest BCUT2D eigenvalue weighted by atomic mass is 10.2. The summed E-state index contributed by atoms with van der Waals surface area (Å²) in [5.41, 5.74) is 1.09. The third-order valence-corrected chi connectivity index (χ3v) is 4.18. The molecule has 1 aromatic heterocycles. The van der Waals surface area contributed by atoms with Crippen LogP contribution in [0.5, 0.6) is 5.88 Å². The molecule has 0 spiro atoms. The first kappa shape index (κ1) is 21.0. The topological polar surface area (TPSA) is 61.8 Å². The number of nitrogens with one attached hydrogen (secondary N) is 2. The molecule has 2 heterocycles. The summed E-state index contributed by atoms with van der Waals surface area (Å²) in [5.74, 6) is 1.49. The molecule has 0 saturated carbocycles. The van der Waals surface area contributed by atoms with Crippen LogP contribution in [0.3, 0.4) is 0 Å². The number of likely N-dealkylation sites (N-methyl/N-ethyl adjacent to an activating group) is 1. The van der Waals surface area contributed by atoms with Gasteiger partial charge in [-0.3, -0.25) is 4.90 Å². The maximum Gasteiger partial charge on any atom is 0.213 e. The van der Waals surface area contributed by atoms with Crippen LogP contribution >= 0.6 is 24.0 Å². The van der Waals surface area contributed by atoms with Crippen molar-refractivity contribution in [2.24, 2.45) is 4.99 Å². The minimum Gasteiger partial charge on any atom is -0.481 e. The molecule has 136 valence electrons. The zero-order chi connectivity index (χ0) is 16.5. The molecule has 0 amide bonds. The van der Waals surface area contributed by atoms with Crippen LogP contribution < -0.4 is 15.4 Å². The smallest absolute Gasteiger partial charge is 0.213 e. The molecule has 2 rings (SSSR count). The van der Waals surface area contributed by atoms with Gasteiger partial charge in [-0.2, -0.15) is 0 Å². The fourth-order valence-corrected chi connectivity index (χ4v) is 2.93. The third kappa shape index (κ3) is 6.43. The number of methoxy groups -OCH3 is 1. The Bertz CT molecular complexity index is 512. The van der Waals surface area contributed by atoms with Crippen molar-refractivity contribution in [3.63, 3.8) is 0 Å². The van der Waals surface area contributed by atoms with E-state index in [1.165, 1.54) is 19.4 Å². The molecule has 1 unspecified atom stereocenters. The highest BCUT2D eigenvalue weighted by Gasteiger charge is 2.22. The molecule has 1 aromatic rings. The van der Waals surface area contributed by atoms with Crippen molar-refractivity contribution in [1.29, 1.82) is 0 Å². The molecule has 0 bridgehead atoms. The molecule has 2 N–H and O–H groups in total. The highest BCUT2D eigenvalue weighted by molar-refractivity contribution is 14.0. The largest absolute Gasteiger partial charge is 0.481 e. The van der Waals surface area contributed by atoms with Gasteiger partial charge in [-0.1, -0.05) is 6.92 Å². The molecule has 1 fully saturated rings. The molecule has 0 aromatic carbocycles. The second-order valence-electron chi connectivity index (χ2n) is 5.71. The molecule has 1 aliphatic rings. The van der Waals surface area contributed by atoms with E-state index in [0.717, 1.165) is 31.2 Å². The number of ether oxygens (including phenoxy) is 1. The Morgan fingerprint density at radius 3 is 2.96 bits per heavy atom. The summed E-state index contributed by atoms with van der Waals surface area (Å²) in [4.78, 5) is 11.3. The lowest BCUT2D eigenvalue weighted by Crippen LogP contribution is -2.44. The fraction of sp³-hybridized carbons (Fsp3) is 0.647. The van der Waals surface area contributed by atoms with E-state index in [0.29, 0.717) is 18.5 Å². The normalized spacial score (nSPS) is 18.1. The standard InChI is InChI=1S/C17H29N5O.HI/c1-4-18-17(21-13-15-7-6-10-22(15)5-2)20-12-14-8-9-19-16(11-14)23-3;/h8-9,11,15H,4-7,10,12-13H2,1-3H3,(H2,18,20,21);1H. The summed E-state index contributed by atoms with van der Waals surface area (Å²) in [6, 6.07) is 4.50. The van der Waals surface area contributed by atoms with E-state index in [2.05, 4.69) is 39.4 Å². The SMILES string of the molecule is CCNC(=NCc1ccnc(OC)c1)NCC1CCCN1CC.I. The number of nitrogens with zero attached hydrogens (tertiary/aromatic N) is 3. The molecule has 0 aliphatic carbocycles. The summed E-state index contributed by atoms with van der Waals surface area (Å²) in [7, 11) is 1.63. The van der Waals surface area contributed by atoms with Gasteiger partial charge >= 0.3 is 0 Å². The number of hydrogen-bond donors (Lipinski definition) is 2. The first-order valence-corrected chi connectivity index (χ1v) is 8.52. The van der Waals surface area contributed by atoms with Gasteiger partial charge in [0.25, 0.3) is 0 Å². The average molecular weight is 447 g/mol. The fourth-order valence-electron chi connectivity index (χ4n) is 2.93. The van der Waals surface area contributed by atoms with Crippen LogP contribution in [0.4, 0.5) is 0 Å². The van der Waals surface area contributed by atoms with Crippen LogP contribution in [0.2, 0.25) is 0 Å². The number of likely N-dealkylation sites (tertiary alicyclic amines) is 1. The molecule has 7 heteroatoms. The minimum absolute atomic E-state index is 0. The predicted octanol–water partition coefficient (Wildman–Crippen LogP) is 2.25. The van der Waals surface area contributed by atoms with Gasteiger partial charge in [0, 0.05) is 31.4 Å². The van der Waals surface area contributed by atoms with Crippen molar-refractivity contribution >= 4 is 29.9 Å². The summed E-state index contributed by atoms with van der Waals surface area (Å²) < 4.78 is 5.15. The number of pyridine rings is 1. The van der Waals surface area contributed by atoms with Gasteiger partial charge in [0.05, 0.1) is 13.7 Å². The van der Waals surface area contributed by atoms with Gasteiger partial charge < -0.3 is 15.4 Å². The number of aliphatic imine (C=N–C) groups is 1. The van der Waals surface area contributed by atoms with Crippen LogP contribution in [0.1, 0.15) is 32.3 Å². The first-order valence-electron chi connectivity index (χ1n) is 8.52. The van der Waals surface area contributed by atoms with Crippen molar-refractivity contribution < 1.29 is 4.74 Å². The van der Waals surface area contributed by atoms with Gasteiger partial charge in [-0.25, -0.2) is 9.98 Å². The van der Waals surface area contributed by atoms with E-state index in [4.69, 9.17) is 4.74 Å². The lowest BCUT2D eigenvalue weighted by molar-refractivity contribution is 0.267. The minimum atomic E-state index is 0. The number of halogens is 1. The Morgan fingerprint density at radius 1 is 1.42 bits per heavy atom. The Labute approximate surface area is 162 Å². The Hall–Kier alpha value is -1.09. The van der Waals surface area contributed by atoms with E-state index in [9.17, 15) is 0 Å². The maximum atomic E-state index is 5.15. The van der Waals surface area contributed by atoms with Crippen molar-refractivity contribution in [3.8, 4) is 5.88 Å². The molecular weight excluding hydrogens is 417 g/mol. The van der Waals surface area contributed by atoms with Crippen LogP contribution in [0, 0.1) is 0 Å². The molecule has 0 radical (unpaired) electrons. The highest BCUT2D eigenvalue weighted by atomic mass is 127. The Kier molecular flexibility index (Phi) is 10.0. The second-order valence-corrected chi connectivity index (χ2v) is 5.71. The van der Waals surface area contributed by atoms with Gasteiger partial charge in [0.1, 0.15) is 0 Å². The van der Waals surface area contributed by atoms with Crippen molar-refractivity contribution in [2.75, 3.05) is 33.3 Å². The predicted molar refractivity (Wildman–Crippen MR) is 109 cm³/mol. The highest BCUT2D eigenvalue weighted by Crippen LogP contribution is 2.15. The monoisotopic (exact) mass is 447 g/mol. The van der Waals surface area contributed by atoms with E-state index < -0.39 is 0 Å². The van der Waals surface area contributed by atoms with Gasteiger partial charge in [-0.15, -0.1) is 24.0 Å². The van der Waals surface area contributed by atoms with E-state index in [1.54, 1.807) is 13.3 Å². The van der Waals surface area contributed by atoms with Crippen LogP contribution in [-0.4, -0.2) is 55.2 Å². The van der Waals surface area contributed by atoms with Gasteiger partial charge in [0.2, 0.25) is 5.88 Å². The molecule has 1 atom stereocenters. The second kappa shape index (κ2) is 11.5. The maximum absolute atomic E-state index is 5.15. The number of rotatable bonds is 7. The van der Waals surface area contributed by atoms with E-state index >= 15 is 0 Å². The van der Waals surface area contributed by atoms with E-state index in [-0.39, 0.29) is 24.0 Å². The zero-order valence-corrected chi connectivity index (χ0v) is 17.2. The van der Waals surface area contributed by atoms with Crippen LogP contribution in [0.15, 0.2) is 23.3 Å². The van der Waals surface area contributed by atoms with Crippen molar-refractivity contribution in [2.45, 2.75) is 39.3 Å². The Morgan fingerprint density at radius 2 is 2.25 bits per heavy atom. The number of hydrogen-bond acceptors (Lipinski definition) is 4. The summed E-state index contributed by atoms with van der Waals surface area (Å²) in [6.07, 6.45) is 4.31. The van der Waals surface area contributed by atoms with Gasteiger partial charge in [-0.05, 0) is 44.5 Å². The molecule has 6 nitrogen and oxygen atoms in total. The molecule has 1 saturated heterocycles. The quantitative estimate of drug-likeness (QED) is 0.382. The molecule has 1 aliphatic heterocycles. The summed E-state index contributed by atoms with van der Waals surface area (Å²) >= 11 is 0. The third-order valence-electron chi connectivity index (χ3n) is 4.18. The van der Waals surface area contributed by atoms with Gasteiger partial charge in [0.15, 0.2) is 5.96 Å². The number of guanidine groups is 1. The number of aromatic nitrogens is 1. The first-order chi connectivity index (χ1) is 11.3. The van der Waals surface area contributed by atoms with Crippen LogP contribution in [-0.2, 0) is 6.54 Å². The Balaban J connectivity index is 0.00000288.